The number of aromatic nitrogens is 3. The Morgan fingerprint density at radius 3 is 2.29 bits per heavy atom. The summed E-state index contributed by atoms with van der Waals surface area (Å²) < 4.78 is 1.66. The quantitative estimate of drug-likeness (QED) is 0.227. The van der Waals surface area contributed by atoms with Crippen molar-refractivity contribution in [1.29, 1.82) is 0 Å². The average molecular weight is 472 g/mol. The molecule has 4 rings (SSSR count). The van der Waals surface area contributed by atoms with E-state index < -0.39 is 0 Å². The van der Waals surface area contributed by atoms with E-state index in [4.69, 9.17) is 39.6 Å². The molecule has 0 aliphatic carbocycles. The SMILES string of the molecule is Clc1cccc(Cl)c1CO/N=C(\Cn1cncn1)c1c(Cl)cccc1-c1ccccc1. The number of halogens is 3. The van der Waals surface area contributed by atoms with E-state index in [9.17, 15) is 0 Å². The van der Waals surface area contributed by atoms with Crippen molar-refractivity contribution >= 4 is 40.5 Å². The van der Waals surface area contributed by atoms with Crippen LogP contribution in [0.1, 0.15) is 11.1 Å². The summed E-state index contributed by atoms with van der Waals surface area (Å²) in [5.74, 6) is 0. The second-order valence-electron chi connectivity index (χ2n) is 6.63. The standard InChI is InChI=1S/C23H17Cl3N4O/c24-19-9-5-10-20(25)18(19)13-31-29-22(12-30-15-27-14-28-30)23-17(8-4-11-21(23)26)16-6-2-1-3-7-16/h1-11,14-15H,12-13H2/b29-22+. The Hall–Kier alpha value is -2.86. The van der Waals surface area contributed by atoms with Crippen LogP contribution in [0.4, 0.5) is 0 Å². The molecular weight excluding hydrogens is 455 g/mol. The number of hydrogen-bond acceptors (Lipinski definition) is 4. The zero-order valence-electron chi connectivity index (χ0n) is 16.3. The van der Waals surface area contributed by atoms with E-state index in [-0.39, 0.29) is 6.61 Å². The molecule has 1 aromatic heterocycles. The van der Waals surface area contributed by atoms with Gasteiger partial charge >= 0.3 is 0 Å². The number of hydrogen-bond donors (Lipinski definition) is 0. The Kier molecular flexibility index (Phi) is 6.87. The van der Waals surface area contributed by atoms with E-state index in [0.29, 0.717) is 32.9 Å². The normalized spacial score (nSPS) is 11.5. The van der Waals surface area contributed by atoms with Crippen molar-refractivity contribution in [2.45, 2.75) is 13.2 Å². The van der Waals surface area contributed by atoms with Crippen LogP contribution < -0.4 is 0 Å². The van der Waals surface area contributed by atoms with Crippen LogP contribution in [0.2, 0.25) is 15.1 Å². The first-order valence-corrected chi connectivity index (χ1v) is 10.6. The Labute approximate surface area is 194 Å². The van der Waals surface area contributed by atoms with Gasteiger partial charge in [0.25, 0.3) is 0 Å². The second-order valence-corrected chi connectivity index (χ2v) is 7.85. The Morgan fingerprint density at radius 2 is 1.58 bits per heavy atom. The van der Waals surface area contributed by atoms with Crippen LogP contribution in [0.25, 0.3) is 11.1 Å². The van der Waals surface area contributed by atoms with Crippen molar-refractivity contribution in [2.75, 3.05) is 0 Å². The van der Waals surface area contributed by atoms with Gasteiger partial charge in [0.2, 0.25) is 0 Å². The third-order valence-corrected chi connectivity index (χ3v) is 5.63. The van der Waals surface area contributed by atoms with Crippen LogP contribution >= 0.6 is 34.8 Å². The summed E-state index contributed by atoms with van der Waals surface area (Å²) in [4.78, 5) is 9.70. The fraction of sp³-hybridized carbons (Fsp3) is 0.0870. The molecule has 0 spiro atoms. The van der Waals surface area contributed by atoms with E-state index in [0.717, 1.165) is 16.7 Å². The maximum absolute atomic E-state index is 6.64. The maximum atomic E-state index is 6.64. The van der Waals surface area contributed by atoms with Crippen molar-refractivity contribution in [2.24, 2.45) is 5.16 Å². The van der Waals surface area contributed by atoms with E-state index in [1.165, 1.54) is 6.33 Å². The van der Waals surface area contributed by atoms with Gasteiger partial charge in [-0.25, -0.2) is 9.67 Å². The lowest BCUT2D eigenvalue weighted by Crippen LogP contribution is -2.15. The zero-order valence-corrected chi connectivity index (χ0v) is 18.5. The Bertz CT molecular complexity index is 1170. The molecule has 0 unspecified atom stereocenters. The molecule has 0 saturated heterocycles. The molecule has 0 fully saturated rings. The molecule has 1 heterocycles. The van der Waals surface area contributed by atoms with Gasteiger partial charge in [-0.1, -0.05) is 88.5 Å². The molecule has 0 saturated carbocycles. The van der Waals surface area contributed by atoms with Crippen molar-refractivity contribution in [1.82, 2.24) is 14.8 Å². The predicted molar refractivity (Wildman–Crippen MR) is 125 cm³/mol. The highest BCUT2D eigenvalue weighted by Gasteiger charge is 2.17. The fourth-order valence-electron chi connectivity index (χ4n) is 3.14. The highest BCUT2D eigenvalue weighted by atomic mass is 35.5. The summed E-state index contributed by atoms with van der Waals surface area (Å²) in [6.07, 6.45) is 3.08. The van der Waals surface area contributed by atoms with Crippen molar-refractivity contribution in [3.63, 3.8) is 0 Å². The highest BCUT2D eigenvalue weighted by Crippen LogP contribution is 2.31. The van der Waals surface area contributed by atoms with Gasteiger partial charge < -0.3 is 4.84 Å². The molecule has 3 aromatic carbocycles. The van der Waals surface area contributed by atoms with Gasteiger partial charge in [0, 0.05) is 21.2 Å². The van der Waals surface area contributed by atoms with Gasteiger partial charge in [-0.3, -0.25) is 0 Å². The predicted octanol–water partition coefficient (Wildman–Crippen LogP) is 6.53. The first-order chi connectivity index (χ1) is 15.1. The number of benzene rings is 3. The summed E-state index contributed by atoms with van der Waals surface area (Å²) in [6, 6.07) is 21.0. The van der Waals surface area contributed by atoms with E-state index >= 15 is 0 Å². The number of rotatable bonds is 7. The second kappa shape index (κ2) is 9.96. The largest absolute Gasteiger partial charge is 0.391 e. The van der Waals surface area contributed by atoms with Gasteiger partial charge in [0.15, 0.2) is 0 Å². The minimum Gasteiger partial charge on any atom is -0.391 e. The van der Waals surface area contributed by atoms with E-state index in [2.05, 4.69) is 15.2 Å². The smallest absolute Gasteiger partial charge is 0.145 e. The molecule has 8 heteroatoms. The van der Waals surface area contributed by atoms with E-state index in [1.54, 1.807) is 29.2 Å². The third kappa shape index (κ3) is 5.07. The first-order valence-electron chi connectivity index (χ1n) is 9.42. The third-order valence-electron chi connectivity index (χ3n) is 4.61. The lowest BCUT2D eigenvalue weighted by atomic mass is 9.96. The first kappa shape index (κ1) is 21.4. The summed E-state index contributed by atoms with van der Waals surface area (Å²) in [5.41, 5.74) is 3.97. The fourth-order valence-corrected chi connectivity index (χ4v) is 3.93. The summed E-state index contributed by atoms with van der Waals surface area (Å²) >= 11 is 19.1. The van der Waals surface area contributed by atoms with Gasteiger partial charge in [-0.05, 0) is 29.3 Å². The molecule has 0 aliphatic heterocycles. The van der Waals surface area contributed by atoms with Crippen LogP contribution in [0, 0.1) is 0 Å². The molecule has 5 nitrogen and oxygen atoms in total. The number of nitrogens with zero attached hydrogens (tertiary/aromatic N) is 4. The van der Waals surface area contributed by atoms with Crippen molar-refractivity contribution in [3.05, 3.63) is 106 Å². The monoisotopic (exact) mass is 470 g/mol. The molecule has 31 heavy (non-hydrogen) atoms. The molecular formula is C23H17Cl3N4O. The summed E-state index contributed by atoms with van der Waals surface area (Å²) in [7, 11) is 0. The van der Waals surface area contributed by atoms with Gasteiger partial charge in [-0.2, -0.15) is 5.10 Å². The van der Waals surface area contributed by atoms with Crippen molar-refractivity contribution < 1.29 is 4.84 Å². The minimum atomic E-state index is 0.116. The van der Waals surface area contributed by atoms with Gasteiger partial charge in [0.05, 0.1) is 11.6 Å². The molecule has 156 valence electrons. The Morgan fingerprint density at radius 1 is 0.871 bits per heavy atom. The van der Waals surface area contributed by atoms with Crippen molar-refractivity contribution in [3.8, 4) is 11.1 Å². The number of oxime groups is 1. The maximum Gasteiger partial charge on any atom is 0.145 e. The molecule has 0 aliphatic rings. The molecule has 0 amide bonds. The highest BCUT2D eigenvalue weighted by molar-refractivity contribution is 6.36. The van der Waals surface area contributed by atoms with Crippen LogP contribution in [0.5, 0.6) is 0 Å². The molecule has 0 bridgehead atoms. The van der Waals surface area contributed by atoms with Crippen LogP contribution in [0.3, 0.4) is 0 Å². The average Bonchev–Trinajstić information content (AvgIpc) is 3.29. The van der Waals surface area contributed by atoms with Crippen LogP contribution in [0.15, 0.2) is 84.5 Å². The Balaban J connectivity index is 1.73. The minimum absolute atomic E-state index is 0.116. The molecule has 0 N–H and O–H groups in total. The topological polar surface area (TPSA) is 52.3 Å². The van der Waals surface area contributed by atoms with Crippen LogP contribution in [-0.4, -0.2) is 20.5 Å². The summed E-state index contributed by atoms with van der Waals surface area (Å²) in [6.45, 7) is 0.435. The van der Waals surface area contributed by atoms with Crippen LogP contribution in [-0.2, 0) is 18.0 Å². The zero-order chi connectivity index (χ0) is 21.6. The molecule has 4 aromatic rings. The van der Waals surface area contributed by atoms with Gasteiger partial charge in [-0.15, -0.1) is 0 Å². The molecule has 0 atom stereocenters. The molecule has 0 radical (unpaired) electrons. The van der Waals surface area contributed by atoms with E-state index in [1.807, 2.05) is 48.5 Å². The lowest BCUT2D eigenvalue weighted by molar-refractivity contribution is 0.130. The summed E-state index contributed by atoms with van der Waals surface area (Å²) in [5, 5.41) is 10.2. The van der Waals surface area contributed by atoms with Gasteiger partial charge in [0.1, 0.15) is 25.0 Å². The lowest BCUT2D eigenvalue weighted by Gasteiger charge is -2.15.